The highest BCUT2D eigenvalue weighted by atomic mass is 32.2. The van der Waals surface area contributed by atoms with E-state index in [0.29, 0.717) is 17.2 Å². The summed E-state index contributed by atoms with van der Waals surface area (Å²) >= 11 is 1.29. The van der Waals surface area contributed by atoms with E-state index >= 15 is 0 Å². The van der Waals surface area contributed by atoms with Crippen molar-refractivity contribution < 1.29 is 10.0 Å². The van der Waals surface area contributed by atoms with Gasteiger partial charge in [-0.15, -0.1) is 0 Å². The molecule has 0 aromatic carbocycles. The molecule has 0 radical (unpaired) electrons. The van der Waals surface area contributed by atoms with E-state index in [1.165, 1.54) is 30.1 Å². The SMILES string of the molecule is O=[N+]([O-])c1cccnc1SCCCO. The Balaban J connectivity index is 2.69. The normalized spacial score (nSPS) is 10.1. The fraction of sp³-hybridized carbons (Fsp3) is 0.375. The molecule has 0 saturated heterocycles. The number of nitro groups is 1. The van der Waals surface area contributed by atoms with E-state index in [9.17, 15) is 10.1 Å². The molecule has 1 N–H and O–H groups in total. The van der Waals surface area contributed by atoms with Crippen LogP contribution in [0.4, 0.5) is 5.69 Å². The summed E-state index contributed by atoms with van der Waals surface area (Å²) in [6, 6.07) is 2.96. The van der Waals surface area contributed by atoms with E-state index in [0.717, 1.165) is 0 Å². The molecule has 1 heterocycles. The van der Waals surface area contributed by atoms with Crippen LogP contribution >= 0.6 is 11.8 Å². The molecule has 1 rings (SSSR count). The minimum Gasteiger partial charge on any atom is -0.396 e. The van der Waals surface area contributed by atoms with Crippen LogP contribution in [0, 0.1) is 10.1 Å². The zero-order chi connectivity index (χ0) is 10.4. The Morgan fingerprint density at radius 2 is 2.43 bits per heavy atom. The maximum Gasteiger partial charge on any atom is 0.301 e. The Labute approximate surface area is 85.3 Å². The Bertz CT molecular complexity index is 319. The van der Waals surface area contributed by atoms with Gasteiger partial charge in [0.15, 0.2) is 5.03 Å². The number of aliphatic hydroxyl groups is 1. The molecule has 0 aliphatic carbocycles. The van der Waals surface area contributed by atoms with Crippen LogP contribution < -0.4 is 0 Å². The van der Waals surface area contributed by atoms with Crippen molar-refractivity contribution >= 4 is 17.4 Å². The second-order valence-electron chi connectivity index (χ2n) is 2.51. The van der Waals surface area contributed by atoms with Crippen molar-refractivity contribution in [3.63, 3.8) is 0 Å². The third-order valence-corrected chi connectivity index (χ3v) is 2.57. The van der Waals surface area contributed by atoms with Crippen LogP contribution in [0.15, 0.2) is 23.4 Å². The molecular weight excluding hydrogens is 204 g/mol. The predicted octanol–water partition coefficient (Wildman–Crippen LogP) is 1.46. The molecule has 5 nitrogen and oxygen atoms in total. The highest BCUT2D eigenvalue weighted by molar-refractivity contribution is 7.99. The lowest BCUT2D eigenvalue weighted by atomic mass is 10.4. The first-order chi connectivity index (χ1) is 6.75. The number of nitrogens with zero attached hydrogens (tertiary/aromatic N) is 2. The Hall–Kier alpha value is -1.14. The third-order valence-electron chi connectivity index (χ3n) is 1.49. The minimum atomic E-state index is -0.450. The number of thioether (sulfide) groups is 1. The fourth-order valence-electron chi connectivity index (χ4n) is 0.866. The van der Waals surface area contributed by atoms with E-state index in [1.54, 1.807) is 0 Å². The zero-order valence-corrected chi connectivity index (χ0v) is 8.24. The molecule has 0 bridgehead atoms. The van der Waals surface area contributed by atoms with Gasteiger partial charge in [-0.1, -0.05) is 11.8 Å². The molecule has 0 saturated carbocycles. The monoisotopic (exact) mass is 214 g/mol. The van der Waals surface area contributed by atoms with Gasteiger partial charge in [0.25, 0.3) is 0 Å². The highest BCUT2D eigenvalue weighted by Gasteiger charge is 2.13. The molecular formula is C8H10N2O3S. The van der Waals surface area contributed by atoms with Gasteiger partial charge in [0, 0.05) is 24.6 Å². The topological polar surface area (TPSA) is 76.3 Å². The number of aliphatic hydroxyl groups excluding tert-OH is 1. The molecule has 0 aliphatic heterocycles. The first kappa shape index (κ1) is 10.9. The number of hydrogen-bond acceptors (Lipinski definition) is 5. The molecule has 0 atom stereocenters. The van der Waals surface area contributed by atoms with Crippen molar-refractivity contribution in [1.82, 2.24) is 4.98 Å². The Morgan fingerprint density at radius 1 is 1.64 bits per heavy atom. The summed E-state index contributed by atoms with van der Waals surface area (Å²) in [5.41, 5.74) is 0.0236. The van der Waals surface area contributed by atoms with E-state index in [-0.39, 0.29) is 12.3 Å². The van der Waals surface area contributed by atoms with E-state index in [1.807, 2.05) is 0 Å². The lowest BCUT2D eigenvalue weighted by Crippen LogP contribution is -1.94. The van der Waals surface area contributed by atoms with Crippen LogP contribution in [0.1, 0.15) is 6.42 Å². The van der Waals surface area contributed by atoms with Crippen molar-refractivity contribution in [2.45, 2.75) is 11.4 Å². The smallest absolute Gasteiger partial charge is 0.301 e. The van der Waals surface area contributed by atoms with Crippen LogP contribution in [0.5, 0.6) is 0 Å². The van der Waals surface area contributed by atoms with Gasteiger partial charge in [0.2, 0.25) is 0 Å². The fourth-order valence-corrected chi connectivity index (χ4v) is 1.76. The number of aromatic nitrogens is 1. The van der Waals surface area contributed by atoms with Crippen molar-refractivity contribution in [2.24, 2.45) is 0 Å². The number of pyridine rings is 1. The molecule has 6 heteroatoms. The molecule has 0 spiro atoms. The maximum absolute atomic E-state index is 10.6. The van der Waals surface area contributed by atoms with Gasteiger partial charge in [-0.2, -0.15) is 0 Å². The Kier molecular flexibility index (Phi) is 4.34. The van der Waals surface area contributed by atoms with Crippen molar-refractivity contribution in [1.29, 1.82) is 0 Å². The summed E-state index contributed by atoms with van der Waals surface area (Å²) in [6.07, 6.45) is 2.13. The molecule has 76 valence electrons. The van der Waals surface area contributed by atoms with Crippen LogP contribution in [0.3, 0.4) is 0 Å². The lowest BCUT2D eigenvalue weighted by molar-refractivity contribution is -0.388. The average molecular weight is 214 g/mol. The highest BCUT2D eigenvalue weighted by Crippen LogP contribution is 2.26. The average Bonchev–Trinajstić information content (AvgIpc) is 2.19. The molecule has 1 aromatic heterocycles. The second kappa shape index (κ2) is 5.56. The third kappa shape index (κ3) is 2.97. The molecule has 0 aliphatic rings. The van der Waals surface area contributed by atoms with Gasteiger partial charge in [0.1, 0.15) is 0 Å². The van der Waals surface area contributed by atoms with Gasteiger partial charge in [0.05, 0.1) is 4.92 Å². The lowest BCUT2D eigenvalue weighted by Gasteiger charge is -1.99. The van der Waals surface area contributed by atoms with Crippen LogP contribution in [0.25, 0.3) is 0 Å². The molecule has 14 heavy (non-hydrogen) atoms. The van der Waals surface area contributed by atoms with Crippen molar-refractivity contribution in [3.8, 4) is 0 Å². The van der Waals surface area contributed by atoms with Crippen LogP contribution in [0.2, 0.25) is 0 Å². The largest absolute Gasteiger partial charge is 0.396 e. The standard InChI is InChI=1S/C8H10N2O3S/c11-5-2-6-14-8-7(10(12)13)3-1-4-9-8/h1,3-4,11H,2,5-6H2. The first-order valence-corrected chi connectivity index (χ1v) is 5.07. The zero-order valence-electron chi connectivity index (χ0n) is 7.42. The van der Waals surface area contributed by atoms with Gasteiger partial charge < -0.3 is 5.11 Å². The number of hydrogen-bond donors (Lipinski definition) is 1. The van der Waals surface area contributed by atoms with Gasteiger partial charge in [-0.05, 0) is 12.5 Å². The van der Waals surface area contributed by atoms with Crippen LogP contribution in [-0.4, -0.2) is 27.4 Å². The van der Waals surface area contributed by atoms with E-state index < -0.39 is 4.92 Å². The van der Waals surface area contributed by atoms with Gasteiger partial charge in [-0.25, -0.2) is 4.98 Å². The molecule has 1 aromatic rings. The first-order valence-electron chi connectivity index (χ1n) is 4.08. The summed E-state index contributed by atoms with van der Waals surface area (Å²) in [7, 11) is 0. The second-order valence-corrected chi connectivity index (χ2v) is 3.59. The van der Waals surface area contributed by atoms with Gasteiger partial charge >= 0.3 is 5.69 Å². The quantitative estimate of drug-likeness (QED) is 0.347. The minimum absolute atomic E-state index is 0.0236. The summed E-state index contributed by atoms with van der Waals surface area (Å²) < 4.78 is 0. The summed E-state index contributed by atoms with van der Waals surface area (Å²) in [5, 5.41) is 19.5. The summed E-state index contributed by atoms with van der Waals surface area (Å²) in [4.78, 5) is 14.0. The molecule has 0 amide bonds. The van der Waals surface area contributed by atoms with Crippen LogP contribution in [-0.2, 0) is 0 Å². The predicted molar refractivity (Wildman–Crippen MR) is 53.3 cm³/mol. The number of rotatable bonds is 5. The van der Waals surface area contributed by atoms with E-state index in [4.69, 9.17) is 5.11 Å². The molecule has 0 fully saturated rings. The Morgan fingerprint density at radius 3 is 3.07 bits per heavy atom. The van der Waals surface area contributed by atoms with Crippen molar-refractivity contribution in [3.05, 3.63) is 28.4 Å². The summed E-state index contributed by atoms with van der Waals surface area (Å²) in [5.74, 6) is 0.633. The van der Waals surface area contributed by atoms with E-state index in [2.05, 4.69) is 4.98 Å². The summed E-state index contributed by atoms with van der Waals surface area (Å²) in [6.45, 7) is 0.0909. The van der Waals surface area contributed by atoms with Crippen molar-refractivity contribution in [2.75, 3.05) is 12.4 Å². The molecule has 0 unspecified atom stereocenters. The van der Waals surface area contributed by atoms with Gasteiger partial charge in [-0.3, -0.25) is 10.1 Å². The maximum atomic E-state index is 10.6.